The van der Waals surface area contributed by atoms with Gasteiger partial charge in [-0.3, -0.25) is 9.59 Å². The number of amides is 1. The molecule has 1 aromatic rings. The summed E-state index contributed by atoms with van der Waals surface area (Å²) < 4.78 is 0. The highest BCUT2D eigenvalue weighted by Crippen LogP contribution is 2.33. The zero-order valence-corrected chi connectivity index (χ0v) is 10.6. The Hall–Kier alpha value is -1.55. The summed E-state index contributed by atoms with van der Waals surface area (Å²) in [7, 11) is 0. The van der Waals surface area contributed by atoms with Crippen molar-refractivity contribution in [3.63, 3.8) is 0 Å². The lowest BCUT2D eigenvalue weighted by Gasteiger charge is -2.22. The van der Waals surface area contributed by atoms with Crippen LogP contribution in [0.4, 0.5) is 5.69 Å². The van der Waals surface area contributed by atoms with Crippen LogP contribution in [0.1, 0.15) is 19.3 Å². The lowest BCUT2D eigenvalue weighted by molar-refractivity contribution is -0.136. The number of benzene rings is 1. The van der Waals surface area contributed by atoms with Crippen LogP contribution in [-0.2, 0) is 9.59 Å². The molecule has 1 fully saturated rings. The van der Waals surface area contributed by atoms with Crippen LogP contribution in [0.5, 0.6) is 0 Å². The van der Waals surface area contributed by atoms with Crippen molar-refractivity contribution in [2.45, 2.75) is 19.3 Å². The molecule has 18 heavy (non-hydrogen) atoms. The van der Waals surface area contributed by atoms with Crippen molar-refractivity contribution < 1.29 is 14.7 Å². The number of carbonyl (C=O) groups excluding carboxylic acids is 1. The number of carboxylic acid groups (broad SMARTS) is 1. The summed E-state index contributed by atoms with van der Waals surface area (Å²) in [4.78, 5) is 24.3. The number of halogens is 1. The molecule has 0 spiro atoms. The van der Waals surface area contributed by atoms with Crippen LogP contribution in [-0.4, -0.2) is 23.5 Å². The molecule has 4 nitrogen and oxygen atoms in total. The molecule has 1 aromatic carbocycles. The van der Waals surface area contributed by atoms with Crippen LogP contribution >= 0.6 is 11.6 Å². The van der Waals surface area contributed by atoms with E-state index in [1.165, 1.54) is 4.90 Å². The largest absolute Gasteiger partial charge is 0.481 e. The van der Waals surface area contributed by atoms with Gasteiger partial charge in [-0.25, -0.2) is 0 Å². The molecular weight excluding hydrogens is 254 g/mol. The standard InChI is InChI=1S/C13H14ClNO3/c14-10-2-1-3-11(8-10)15(7-6-12(16)17)13(18)9-4-5-9/h1-3,8-9H,4-7H2,(H,16,17). The summed E-state index contributed by atoms with van der Waals surface area (Å²) in [6.07, 6.45) is 1.72. The Morgan fingerprint density at radius 3 is 2.67 bits per heavy atom. The highest BCUT2D eigenvalue weighted by atomic mass is 35.5. The summed E-state index contributed by atoms with van der Waals surface area (Å²) in [5.41, 5.74) is 0.667. The van der Waals surface area contributed by atoms with Crippen LogP contribution in [0.25, 0.3) is 0 Å². The van der Waals surface area contributed by atoms with E-state index >= 15 is 0 Å². The van der Waals surface area contributed by atoms with Crippen molar-refractivity contribution in [1.82, 2.24) is 0 Å². The summed E-state index contributed by atoms with van der Waals surface area (Å²) in [6, 6.07) is 6.94. The molecular formula is C13H14ClNO3. The van der Waals surface area contributed by atoms with Crippen molar-refractivity contribution >= 4 is 29.2 Å². The molecule has 1 amide bonds. The third kappa shape index (κ3) is 3.23. The molecule has 0 aromatic heterocycles. The highest BCUT2D eigenvalue weighted by Gasteiger charge is 2.34. The Kier molecular flexibility index (Phi) is 3.87. The van der Waals surface area contributed by atoms with Gasteiger partial charge < -0.3 is 10.0 Å². The summed E-state index contributed by atoms with van der Waals surface area (Å²) >= 11 is 5.90. The number of rotatable bonds is 5. The van der Waals surface area contributed by atoms with Crippen LogP contribution in [0, 0.1) is 5.92 Å². The molecule has 1 aliphatic carbocycles. The number of hydrogen-bond acceptors (Lipinski definition) is 2. The second-order valence-electron chi connectivity index (χ2n) is 4.39. The van der Waals surface area contributed by atoms with Crippen molar-refractivity contribution in [2.24, 2.45) is 5.92 Å². The summed E-state index contributed by atoms with van der Waals surface area (Å²) in [6.45, 7) is 0.186. The van der Waals surface area contributed by atoms with E-state index in [0.29, 0.717) is 10.7 Å². The van der Waals surface area contributed by atoms with E-state index in [0.717, 1.165) is 12.8 Å². The lowest BCUT2D eigenvalue weighted by Crippen LogP contribution is -2.34. The van der Waals surface area contributed by atoms with Gasteiger partial charge in [0.1, 0.15) is 0 Å². The van der Waals surface area contributed by atoms with E-state index in [9.17, 15) is 9.59 Å². The monoisotopic (exact) mass is 267 g/mol. The number of nitrogens with zero attached hydrogens (tertiary/aromatic N) is 1. The Labute approximate surface area is 110 Å². The predicted octanol–water partition coefficient (Wildman–Crippen LogP) is 2.56. The fraction of sp³-hybridized carbons (Fsp3) is 0.385. The third-order valence-corrected chi connectivity index (χ3v) is 3.10. The minimum atomic E-state index is -0.911. The molecule has 0 heterocycles. The van der Waals surface area contributed by atoms with Gasteiger partial charge in [0.15, 0.2) is 0 Å². The SMILES string of the molecule is O=C(O)CCN(C(=O)C1CC1)c1cccc(Cl)c1. The fourth-order valence-corrected chi connectivity index (χ4v) is 1.95. The van der Waals surface area contributed by atoms with Crippen molar-refractivity contribution in [3.8, 4) is 0 Å². The van der Waals surface area contributed by atoms with Gasteiger partial charge in [-0.2, -0.15) is 0 Å². The first-order chi connectivity index (χ1) is 8.58. The number of carboxylic acids is 1. The van der Waals surface area contributed by atoms with E-state index in [1.54, 1.807) is 24.3 Å². The molecule has 0 aliphatic heterocycles. The van der Waals surface area contributed by atoms with Crippen LogP contribution in [0.15, 0.2) is 24.3 Å². The molecule has 1 aliphatic rings. The van der Waals surface area contributed by atoms with E-state index in [-0.39, 0.29) is 24.8 Å². The number of aliphatic carboxylic acids is 1. The minimum Gasteiger partial charge on any atom is -0.481 e. The first kappa shape index (κ1) is 12.9. The highest BCUT2D eigenvalue weighted by molar-refractivity contribution is 6.30. The first-order valence-corrected chi connectivity index (χ1v) is 6.24. The fourth-order valence-electron chi connectivity index (χ4n) is 1.77. The maximum absolute atomic E-state index is 12.1. The topological polar surface area (TPSA) is 57.6 Å². The predicted molar refractivity (Wildman–Crippen MR) is 68.8 cm³/mol. The maximum Gasteiger partial charge on any atom is 0.305 e. The van der Waals surface area contributed by atoms with Crippen molar-refractivity contribution in [3.05, 3.63) is 29.3 Å². The molecule has 1 N–H and O–H groups in total. The molecule has 1 saturated carbocycles. The van der Waals surface area contributed by atoms with E-state index in [2.05, 4.69) is 0 Å². The van der Waals surface area contributed by atoms with Gasteiger partial charge in [-0.1, -0.05) is 17.7 Å². The summed E-state index contributed by atoms with van der Waals surface area (Å²) in [5.74, 6) is -0.859. The molecule has 0 unspecified atom stereocenters. The van der Waals surface area contributed by atoms with Gasteiger partial charge in [0, 0.05) is 23.2 Å². The van der Waals surface area contributed by atoms with E-state index < -0.39 is 5.97 Å². The smallest absolute Gasteiger partial charge is 0.305 e. The maximum atomic E-state index is 12.1. The van der Waals surface area contributed by atoms with Crippen LogP contribution in [0.3, 0.4) is 0 Å². The van der Waals surface area contributed by atoms with Crippen molar-refractivity contribution in [1.29, 1.82) is 0 Å². The molecule has 2 rings (SSSR count). The Bertz CT molecular complexity index is 471. The summed E-state index contributed by atoms with van der Waals surface area (Å²) in [5, 5.41) is 9.27. The normalized spacial score (nSPS) is 14.3. The quantitative estimate of drug-likeness (QED) is 0.892. The molecule has 0 saturated heterocycles. The third-order valence-electron chi connectivity index (χ3n) is 2.86. The number of anilines is 1. The van der Waals surface area contributed by atoms with Gasteiger partial charge in [0.05, 0.1) is 6.42 Å². The Balaban J connectivity index is 2.17. The molecule has 5 heteroatoms. The van der Waals surface area contributed by atoms with E-state index in [1.807, 2.05) is 0 Å². The van der Waals surface area contributed by atoms with Gasteiger partial charge in [0.2, 0.25) is 5.91 Å². The molecule has 0 bridgehead atoms. The molecule has 0 atom stereocenters. The Morgan fingerprint density at radius 1 is 1.39 bits per heavy atom. The Morgan fingerprint density at radius 2 is 2.11 bits per heavy atom. The number of carbonyl (C=O) groups is 2. The zero-order valence-electron chi connectivity index (χ0n) is 9.80. The average molecular weight is 268 g/mol. The molecule has 96 valence electrons. The first-order valence-electron chi connectivity index (χ1n) is 5.86. The van der Waals surface area contributed by atoms with Crippen LogP contribution < -0.4 is 4.90 Å². The minimum absolute atomic E-state index is 0.00137. The number of hydrogen-bond donors (Lipinski definition) is 1. The zero-order chi connectivity index (χ0) is 13.1. The average Bonchev–Trinajstić information content (AvgIpc) is 3.12. The van der Waals surface area contributed by atoms with Gasteiger partial charge in [-0.15, -0.1) is 0 Å². The van der Waals surface area contributed by atoms with Gasteiger partial charge >= 0.3 is 5.97 Å². The molecule has 0 radical (unpaired) electrons. The van der Waals surface area contributed by atoms with E-state index in [4.69, 9.17) is 16.7 Å². The van der Waals surface area contributed by atoms with Crippen molar-refractivity contribution in [2.75, 3.05) is 11.4 Å². The van der Waals surface area contributed by atoms with Gasteiger partial charge in [0.25, 0.3) is 0 Å². The second-order valence-corrected chi connectivity index (χ2v) is 4.82. The second kappa shape index (κ2) is 5.40. The van der Waals surface area contributed by atoms with Gasteiger partial charge in [-0.05, 0) is 31.0 Å². The van der Waals surface area contributed by atoms with Crippen LogP contribution in [0.2, 0.25) is 5.02 Å². The lowest BCUT2D eigenvalue weighted by atomic mass is 10.2.